The van der Waals surface area contributed by atoms with E-state index in [1.807, 2.05) is 0 Å². The van der Waals surface area contributed by atoms with Gasteiger partial charge in [-0.1, -0.05) is 13.0 Å². The minimum Gasteiger partial charge on any atom is -0.314 e. The average Bonchev–Trinajstić information content (AvgIpc) is 2.56. The van der Waals surface area contributed by atoms with Crippen LogP contribution in [0.3, 0.4) is 0 Å². The molecular weight excluding hydrogens is 338 g/mol. The van der Waals surface area contributed by atoms with Crippen LogP contribution in [0.25, 0.3) is 0 Å². The van der Waals surface area contributed by atoms with Crippen LogP contribution in [-0.2, 0) is 19.9 Å². The zero-order valence-electron chi connectivity index (χ0n) is 13.2. The number of sulfone groups is 1. The Bertz CT molecular complexity index is 726. The fourth-order valence-electron chi connectivity index (χ4n) is 2.36. The highest BCUT2D eigenvalue weighted by atomic mass is 32.2. The number of benzene rings is 1. The van der Waals surface area contributed by atoms with Gasteiger partial charge in [-0.3, -0.25) is 4.90 Å². The quantitative estimate of drug-likeness (QED) is 0.690. The van der Waals surface area contributed by atoms with E-state index in [0.717, 1.165) is 26.2 Å². The van der Waals surface area contributed by atoms with Crippen molar-refractivity contribution in [2.45, 2.75) is 16.7 Å². The van der Waals surface area contributed by atoms with Gasteiger partial charge in [-0.25, -0.2) is 21.6 Å². The summed E-state index contributed by atoms with van der Waals surface area (Å²) >= 11 is 0. The van der Waals surface area contributed by atoms with E-state index in [2.05, 4.69) is 14.9 Å². The van der Waals surface area contributed by atoms with E-state index < -0.39 is 19.9 Å². The monoisotopic (exact) mass is 361 g/mol. The highest BCUT2D eigenvalue weighted by Gasteiger charge is 2.19. The average molecular weight is 361 g/mol. The Labute approximate surface area is 138 Å². The van der Waals surface area contributed by atoms with E-state index >= 15 is 0 Å². The molecule has 1 aromatic rings. The van der Waals surface area contributed by atoms with Gasteiger partial charge in [0.25, 0.3) is 0 Å². The van der Waals surface area contributed by atoms with Gasteiger partial charge >= 0.3 is 0 Å². The first kappa shape index (κ1) is 18.3. The van der Waals surface area contributed by atoms with Gasteiger partial charge in [-0.05, 0) is 18.2 Å². The van der Waals surface area contributed by atoms with Crippen molar-refractivity contribution in [3.8, 4) is 0 Å². The van der Waals surface area contributed by atoms with Crippen molar-refractivity contribution in [1.82, 2.24) is 14.9 Å². The standard InChI is InChI=1S/C14H23N3O4S2/c1-2-22(18,19)13-4-3-5-14(12-13)23(20,21)16-8-11-17-9-6-15-7-10-17/h3-5,12,15-16H,2,6-11H2,1H3. The van der Waals surface area contributed by atoms with Crippen LogP contribution in [-0.4, -0.2) is 66.8 Å². The summed E-state index contributed by atoms with van der Waals surface area (Å²) in [5, 5.41) is 3.24. The molecule has 0 unspecified atom stereocenters. The van der Waals surface area contributed by atoms with Gasteiger partial charge in [0, 0.05) is 39.3 Å². The van der Waals surface area contributed by atoms with Gasteiger partial charge in [0.1, 0.15) is 0 Å². The van der Waals surface area contributed by atoms with Gasteiger partial charge in [0.2, 0.25) is 10.0 Å². The van der Waals surface area contributed by atoms with Crippen molar-refractivity contribution < 1.29 is 16.8 Å². The van der Waals surface area contributed by atoms with Crippen molar-refractivity contribution in [3.05, 3.63) is 24.3 Å². The number of hydrogen-bond donors (Lipinski definition) is 2. The minimum atomic E-state index is -3.71. The van der Waals surface area contributed by atoms with Crippen molar-refractivity contribution in [2.24, 2.45) is 0 Å². The first-order valence-corrected chi connectivity index (χ1v) is 10.7. The molecular formula is C14H23N3O4S2. The van der Waals surface area contributed by atoms with E-state index in [-0.39, 0.29) is 15.5 Å². The van der Waals surface area contributed by atoms with Crippen LogP contribution in [0.5, 0.6) is 0 Å². The van der Waals surface area contributed by atoms with Gasteiger partial charge < -0.3 is 5.32 Å². The first-order valence-electron chi connectivity index (χ1n) is 7.61. The van der Waals surface area contributed by atoms with Crippen LogP contribution < -0.4 is 10.0 Å². The second kappa shape index (κ2) is 7.71. The molecule has 0 saturated carbocycles. The molecule has 1 heterocycles. The minimum absolute atomic E-state index is 0.0210. The topological polar surface area (TPSA) is 95.6 Å². The lowest BCUT2D eigenvalue weighted by Gasteiger charge is -2.27. The molecule has 1 fully saturated rings. The molecule has 2 N–H and O–H groups in total. The lowest BCUT2D eigenvalue weighted by Crippen LogP contribution is -2.46. The molecule has 0 amide bonds. The van der Waals surface area contributed by atoms with Crippen molar-refractivity contribution in [3.63, 3.8) is 0 Å². The van der Waals surface area contributed by atoms with Gasteiger partial charge in [-0.2, -0.15) is 0 Å². The largest absolute Gasteiger partial charge is 0.314 e. The molecule has 0 radical (unpaired) electrons. The second-order valence-electron chi connectivity index (χ2n) is 5.37. The zero-order chi connectivity index (χ0) is 16.9. The predicted octanol–water partition coefficient (Wildman–Crippen LogP) is -0.336. The molecule has 0 aromatic heterocycles. The van der Waals surface area contributed by atoms with E-state index in [9.17, 15) is 16.8 Å². The summed E-state index contributed by atoms with van der Waals surface area (Å²) in [6.45, 7) is 6.06. The predicted molar refractivity (Wildman–Crippen MR) is 88.7 cm³/mol. The third kappa shape index (κ3) is 4.98. The first-order chi connectivity index (χ1) is 10.8. The Balaban J connectivity index is 2.03. The number of nitrogens with one attached hydrogen (secondary N) is 2. The Morgan fingerprint density at radius 1 is 1.13 bits per heavy atom. The summed E-state index contributed by atoms with van der Waals surface area (Å²) < 4.78 is 50.9. The molecule has 1 aromatic carbocycles. The van der Waals surface area contributed by atoms with E-state index in [0.29, 0.717) is 13.1 Å². The highest BCUT2D eigenvalue weighted by Crippen LogP contribution is 2.16. The molecule has 1 aliphatic heterocycles. The molecule has 9 heteroatoms. The molecule has 0 atom stereocenters. The Morgan fingerprint density at radius 3 is 2.43 bits per heavy atom. The van der Waals surface area contributed by atoms with Gasteiger partial charge in [-0.15, -0.1) is 0 Å². The molecule has 1 aliphatic rings. The maximum atomic E-state index is 12.3. The van der Waals surface area contributed by atoms with Crippen LogP contribution in [0.1, 0.15) is 6.92 Å². The zero-order valence-corrected chi connectivity index (χ0v) is 14.8. The Kier molecular flexibility index (Phi) is 6.15. The van der Waals surface area contributed by atoms with E-state index in [1.54, 1.807) is 0 Å². The van der Waals surface area contributed by atoms with Crippen LogP contribution in [0.2, 0.25) is 0 Å². The second-order valence-corrected chi connectivity index (χ2v) is 9.41. The van der Waals surface area contributed by atoms with Gasteiger partial charge in [0.15, 0.2) is 9.84 Å². The van der Waals surface area contributed by atoms with E-state index in [1.165, 1.54) is 31.2 Å². The smallest absolute Gasteiger partial charge is 0.240 e. The molecule has 0 spiro atoms. The van der Waals surface area contributed by atoms with E-state index in [4.69, 9.17) is 0 Å². The van der Waals surface area contributed by atoms with Crippen LogP contribution in [0.4, 0.5) is 0 Å². The van der Waals surface area contributed by atoms with Crippen molar-refractivity contribution in [1.29, 1.82) is 0 Å². The SMILES string of the molecule is CCS(=O)(=O)c1cccc(S(=O)(=O)NCCN2CCNCC2)c1. The summed E-state index contributed by atoms with van der Waals surface area (Å²) in [6, 6.07) is 5.49. The fourth-order valence-corrected chi connectivity index (χ4v) is 4.42. The summed E-state index contributed by atoms with van der Waals surface area (Å²) in [6.07, 6.45) is 0. The third-order valence-corrected chi connectivity index (χ3v) is 6.98. The fraction of sp³-hybridized carbons (Fsp3) is 0.571. The molecule has 2 rings (SSSR count). The number of sulfonamides is 1. The molecule has 130 valence electrons. The summed E-state index contributed by atoms with van der Waals surface area (Å²) in [4.78, 5) is 2.19. The number of hydrogen-bond acceptors (Lipinski definition) is 6. The summed E-state index contributed by atoms with van der Waals surface area (Å²) in [5.74, 6) is -0.0626. The lowest BCUT2D eigenvalue weighted by molar-refractivity contribution is 0.245. The molecule has 23 heavy (non-hydrogen) atoms. The van der Waals surface area contributed by atoms with Crippen molar-refractivity contribution in [2.75, 3.05) is 45.0 Å². The number of piperazine rings is 1. The Hall–Kier alpha value is -1.00. The molecule has 7 nitrogen and oxygen atoms in total. The maximum Gasteiger partial charge on any atom is 0.240 e. The number of rotatable bonds is 7. The lowest BCUT2D eigenvalue weighted by atomic mass is 10.3. The van der Waals surface area contributed by atoms with Gasteiger partial charge in [0.05, 0.1) is 15.5 Å². The molecule has 0 aliphatic carbocycles. The Morgan fingerprint density at radius 2 is 1.78 bits per heavy atom. The summed E-state index contributed by atoms with van der Waals surface area (Å²) in [7, 11) is -7.13. The maximum absolute atomic E-state index is 12.3. The van der Waals surface area contributed by atoms with Crippen molar-refractivity contribution >= 4 is 19.9 Å². The third-order valence-electron chi connectivity index (χ3n) is 3.78. The normalized spacial score (nSPS) is 17.3. The molecule has 1 saturated heterocycles. The highest BCUT2D eigenvalue weighted by molar-refractivity contribution is 7.91. The summed E-state index contributed by atoms with van der Waals surface area (Å²) in [5.41, 5.74) is 0. The molecule has 0 bridgehead atoms. The van der Waals surface area contributed by atoms with Crippen LogP contribution >= 0.6 is 0 Å². The van der Waals surface area contributed by atoms with Crippen LogP contribution in [0, 0.1) is 0 Å². The van der Waals surface area contributed by atoms with Crippen LogP contribution in [0.15, 0.2) is 34.1 Å². The number of nitrogens with zero attached hydrogens (tertiary/aromatic N) is 1.